The van der Waals surface area contributed by atoms with Gasteiger partial charge in [0, 0.05) is 28.8 Å². The van der Waals surface area contributed by atoms with E-state index in [0.717, 1.165) is 27.7 Å². The molecule has 0 radical (unpaired) electrons. The van der Waals surface area contributed by atoms with Crippen LogP contribution < -0.4 is 14.4 Å². The van der Waals surface area contributed by atoms with Gasteiger partial charge in [0.25, 0.3) is 5.91 Å². The lowest BCUT2D eigenvalue weighted by molar-refractivity contribution is 0.0989. The van der Waals surface area contributed by atoms with Gasteiger partial charge in [-0.05, 0) is 53.9 Å². The molecule has 0 fully saturated rings. The number of amides is 1. The molecule has 0 saturated heterocycles. The Morgan fingerprint density at radius 2 is 1.87 bits per heavy atom. The molecule has 0 spiro atoms. The van der Waals surface area contributed by atoms with Gasteiger partial charge in [0.1, 0.15) is 10.6 Å². The third-order valence-corrected chi connectivity index (χ3v) is 7.11. The third-order valence-electron chi connectivity index (χ3n) is 5.19. The molecular formula is C23H21BrN2O4S. The van der Waals surface area contributed by atoms with Crippen LogP contribution in [0.5, 0.6) is 5.75 Å². The molecule has 31 heavy (non-hydrogen) atoms. The van der Waals surface area contributed by atoms with Crippen LogP contribution in [0.4, 0.5) is 5.69 Å². The summed E-state index contributed by atoms with van der Waals surface area (Å²) in [5, 5.41) is 0. The minimum Gasteiger partial charge on any atom is -0.495 e. The first kappa shape index (κ1) is 21.5. The summed E-state index contributed by atoms with van der Waals surface area (Å²) < 4.78 is 34.8. The highest BCUT2D eigenvalue weighted by Crippen LogP contribution is 2.33. The molecule has 0 saturated carbocycles. The Morgan fingerprint density at radius 1 is 1.10 bits per heavy atom. The zero-order valence-electron chi connectivity index (χ0n) is 16.8. The molecule has 8 heteroatoms. The quantitative estimate of drug-likeness (QED) is 0.551. The number of nitrogens with zero attached hydrogens (tertiary/aromatic N) is 1. The largest absolute Gasteiger partial charge is 0.495 e. The summed E-state index contributed by atoms with van der Waals surface area (Å²) in [6.07, 6.45) is 0.750. The number of carbonyl (C=O) groups excluding carboxylic acids is 1. The molecule has 1 N–H and O–H groups in total. The van der Waals surface area contributed by atoms with Crippen molar-refractivity contribution < 1.29 is 17.9 Å². The number of benzene rings is 3. The van der Waals surface area contributed by atoms with Gasteiger partial charge >= 0.3 is 0 Å². The molecule has 0 aliphatic carbocycles. The van der Waals surface area contributed by atoms with Gasteiger partial charge in [-0.1, -0.05) is 46.3 Å². The van der Waals surface area contributed by atoms with E-state index in [2.05, 4.69) is 20.7 Å². The number of sulfonamides is 1. The van der Waals surface area contributed by atoms with E-state index in [9.17, 15) is 13.2 Å². The number of nitrogens with one attached hydrogen (secondary N) is 1. The van der Waals surface area contributed by atoms with Gasteiger partial charge in [0.2, 0.25) is 10.0 Å². The molecule has 6 nitrogen and oxygen atoms in total. The third kappa shape index (κ3) is 4.51. The average Bonchev–Trinajstić information content (AvgIpc) is 3.20. The summed E-state index contributed by atoms with van der Waals surface area (Å²) in [4.78, 5) is 14.8. The lowest BCUT2D eigenvalue weighted by Crippen LogP contribution is -2.29. The topological polar surface area (TPSA) is 75.7 Å². The molecule has 1 aliphatic rings. The monoisotopic (exact) mass is 500 g/mol. The maximum absolute atomic E-state index is 13.2. The number of anilines is 1. The molecule has 0 atom stereocenters. The number of hydrogen-bond acceptors (Lipinski definition) is 4. The standard InChI is InChI=1S/C23H21BrN2O4S/c1-30-21-10-7-18(23(27)26-12-11-17-13-19(24)8-9-20(17)26)14-22(21)31(28,29)25-15-16-5-3-2-4-6-16/h2-10,13-14,25H,11-12,15H2,1H3. The number of fused-ring (bicyclic) bond motifs is 1. The van der Waals surface area contributed by atoms with Gasteiger partial charge in [-0.25, -0.2) is 13.1 Å². The number of methoxy groups -OCH3 is 1. The zero-order valence-corrected chi connectivity index (χ0v) is 19.2. The molecule has 1 heterocycles. The summed E-state index contributed by atoms with van der Waals surface area (Å²) in [7, 11) is -2.49. The number of ether oxygens (including phenoxy) is 1. The van der Waals surface area contributed by atoms with Gasteiger partial charge in [-0.15, -0.1) is 0 Å². The summed E-state index contributed by atoms with van der Waals surface area (Å²) >= 11 is 3.45. The van der Waals surface area contributed by atoms with Crippen molar-refractivity contribution in [3.05, 3.63) is 87.9 Å². The molecule has 0 bridgehead atoms. The molecular weight excluding hydrogens is 480 g/mol. The van der Waals surface area contributed by atoms with E-state index in [1.165, 1.54) is 19.2 Å². The number of carbonyl (C=O) groups is 1. The highest BCUT2D eigenvalue weighted by atomic mass is 79.9. The minimum absolute atomic E-state index is 0.0630. The first-order valence-corrected chi connectivity index (χ1v) is 12.0. The van der Waals surface area contributed by atoms with Crippen LogP contribution in [0.1, 0.15) is 21.5 Å². The molecule has 0 aromatic heterocycles. The second-order valence-electron chi connectivity index (χ2n) is 7.16. The molecule has 160 valence electrons. The SMILES string of the molecule is COc1ccc(C(=O)N2CCc3cc(Br)ccc32)cc1S(=O)(=O)NCc1ccccc1. The van der Waals surface area contributed by atoms with Crippen molar-refractivity contribution in [3.8, 4) is 5.75 Å². The number of hydrogen-bond donors (Lipinski definition) is 1. The predicted octanol–water partition coefficient (Wildman–Crippen LogP) is 4.14. The number of halogens is 1. The molecule has 1 amide bonds. The van der Waals surface area contributed by atoms with Crippen LogP contribution in [-0.4, -0.2) is 28.0 Å². The fourth-order valence-corrected chi connectivity index (χ4v) is 5.23. The number of rotatable bonds is 6. The van der Waals surface area contributed by atoms with Crippen molar-refractivity contribution in [2.75, 3.05) is 18.6 Å². The highest BCUT2D eigenvalue weighted by Gasteiger charge is 2.28. The van der Waals surface area contributed by atoms with Crippen LogP contribution in [-0.2, 0) is 23.0 Å². The highest BCUT2D eigenvalue weighted by molar-refractivity contribution is 9.10. The molecule has 1 aliphatic heterocycles. The summed E-state index contributed by atoms with van der Waals surface area (Å²) in [5.74, 6) is -0.0638. The van der Waals surface area contributed by atoms with E-state index in [4.69, 9.17) is 4.74 Å². The van der Waals surface area contributed by atoms with Gasteiger partial charge in [0.15, 0.2) is 0 Å². The molecule has 0 unspecified atom stereocenters. The zero-order chi connectivity index (χ0) is 22.0. The normalized spacial score (nSPS) is 13.2. The Hall–Kier alpha value is -2.68. The Balaban J connectivity index is 1.63. The van der Waals surface area contributed by atoms with Crippen molar-refractivity contribution in [2.24, 2.45) is 0 Å². The summed E-state index contributed by atoms with van der Waals surface area (Å²) in [6, 6.07) is 19.5. The minimum atomic E-state index is -3.90. The van der Waals surface area contributed by atoms with Crippen molar-refractivity contribution in [1.29, 1.82) is 0 Å². The lowest BCUT2D eigenvalue weighted by atomic mass is 10.1. The van der Waals surface area contributed by atoms with Crippen LogP contribution in [0.2, 0.25) is 0 Å². The summed E-state index contributed by atoms with van der Waals surface area (Å²) in [5.41, 5.74) is 3.04. The van der Waals surface area contributed by atoms with E-state index in [0.29, 0.717) is 6.54 Å². The summed E-state index contributed by atoms with van der Waals surface area (Å²) in [6.45, 7) is 0.684. The Kier molecular flexibility index (Phi) is 6.13. The lowest BCUT2D eigenvalue weighted by Gasteiger charge is -2.19. The van der Waals surface area contributed by atoms with E-state index < -0.39 is 10.0 Å². The van der Waals surface area contributed by atoms with Gasteiger partial charge in [-0.2, -0.15) is 0 Å². The second-order valence-corrected chi connectivity index (χ2v) is 9.81. The second kappa shape index (κ2) is 8.82. The maximum atomic E-state index is 13.2. The van der Waals surface area contributed by atoms with E-state index >= 15 is 0 Å². The van der Waals surface area contributed by atoms with Crippen molar-refractivity contribution in [3.63, 3.8) is 0 Å². The van der Waals surface area contributed by atoms with Crippen LogP contribution in [0.15, 0.2) is 76.1 Å². The Morgan fingerprint density at radius 3 is 2.61 bits per heavy atom. The van der Waals surface area contributed by atoms with Gasteiger partial charge in [-0.3, -0.25) is 4.79 Å². The van der Waals surface area contributed by atoms with Crippen molar-refractivity contribution >= 4 is 37.5 Å². The van der Waals surface area contributed by atoms with Crippen LogP contribution in [0, 0.1) is 0 Å². The Labute approximate surface area is 190 Å². The average molecular weight is 501 g/mol. The first-order chi connectivity index (χ1) is 14.9. The molecule has 3 aromatic rings. The van der Waals surface area contributed by atoms with E-state index in [1.807, 2.05) is 48.5 Å². The van der Waals surface area contributed by atoms with E-state index in [-0.39, 0.29) is 28.7 Å². The van der Waals surface area contributed by atoms with Crippen LogP contribution >= 0.6 is 15.9 Å². The fraction of sp³-hybridized carbons (Fsp3) is 0.174. The fourth-order valence-electron chi connectivity index (χ4n) is 3.61. The molecule has 4 rings (SSSR count). The van der Waals surface area contributed by atoms with Gasteiger partial charge in [0.05, 0.1) is 7.11 Å². The van der Waals surface area contributed by atoms with Crippen molar-refractivity contribution in [1.82, 2.24) is 4.72 Å². The van der Waals surface area contributed by atoms with E-state index in [1.54, 1.807) is 11.0 Å². The van der Waals surface area contributed by atoms with Crippen molar-refractivity contribution in [2.45, 2.75) is 17.9 Å². The van der Waals surface area contributed by atoms with Gasteiger partial charge < -0.3 is 9.64 Å². The van der Waals surface area contributed by atoms with Crippen LogP contribution in [0.25, 0.3) is 0 Å². The predicted molar refractivity (Wildman–Crippen MR) is 123 cm³/mol. The smallest absolute Gasteiger partial charge is 0.258 e. The Bertz CT molecular complexity index is 1230. The maximum Gasteiger partial charge on any atom is 0.258 e. The first-order valence-electron chi connectivity index (χ1n) is 9.71. The van der Waals surface area contributed by atoms with Crippen LogP contribution in [0.3, 0.4) is 0 Å². The molecule has 3 aromatic carbocycles.